The smallest absolute Gasteiger partial charge is 0.0879 e. The summed E-state index contributed by atoms with van der Waals surface area (Å²) in [5.74, 6) is 0. The lowest BCUT2D eigenvalue weighted by Gasteiger charge is -2.32. The van der Waals surface area contributed by atoms with E-state index in [-0.39, 0.29) is 17.0 Å². The van der Waals surface area contributed by atoms with Crippen LogP contribution in [0.4, 0.5) is 0 Å². The zero-order chi connectivity index (χ0) is 10.1. The van der Waals surface area contributed by atoms with Crippen molar-refractivity contribution < 1.29 is 4.74 Å². The maximum atomic E-state index is 6.30. The molecule has 3 heteroatoms. The topological polar surface area (TPSA) is 12.5 Å². The number of hydrogen-bond acceptors (Lipinski definition) is 2. The molecule has 1 aliphatic heterocycles. The normalized spacial score (nSPS) is 33.5. The summed E-state index contributed by atoms with van der Waals surface area (Å²) in [5, 5.41) is 0.0532. The van der Waals surface area contributed by atoms with Gasteiger partial charge in [0.1, 0.15) is 0 Å². The minimum atomic E-state index is -0.00355. The summed E-state index contributed by atoms with van der Waals surface area (Å²) in [6, 6.07) is 0. The molecule has 0 spiro atoms. The van der Waals surface area contributed by atoms with E-state index >= 15 is 0 Å². The first-order valence-corrected chi connectivity index (χ1v) is 5.00. The molecule has 0 aromatic carbocycles. The van der Waals surface area contributed by atoms with Gasteiger partial charge in [0.25, 0.3) is 0 Å². The molecule has 2 unspecified atom stereocenters. The Balaban J connectivity index is 2.73. The summed E-state index contributed by atoms with van der Waals surface area (Å²) in [6.45, 7) is 9.80. The van der Waals surface area contributed by atoms with Gasteiger partial charge in [-0.3, -0.25) is 4.90 Å². The molecule has 0 aromatic heterocycles. The highest BCUT2D eigenvalue weighted by Gasteiger charge is 2.46. The fraction of sp³-hybridized carbons (Fsp3) is 0.800. The SMILES string of the molecule is C=CCN1CC(OC)C(Cl)C1(C)C. The maximum Gasteiger partial charge on any atom is 0.0879 e. The Bertz CT molecular complexity index is 193. The van der Waals surface area contributed by atoms with Crippen molar-refractivity contribution in [3.05, 3.63) is 12.7 Å². The van der Waals surface area contributed by atoms with Crippen LogP contribution in [0.2, 0.25) is 0 Å². The third-order valence-corrected chi connectivity index (χ3v) is 3.68. The molecule has 13 heavy (non-hydrogen) atoms. The number of ether oxygens (including phenoxy) is 1. The van der Waals surface area contributed by atoms with Gasteiger partial charge in [0.05, 0.1) is 11.5 Å². The van der Waals surface area contributed by atoms with Crippen molar-refractivity contribution in [1.82, 2.24) is 4.90 Å². The van der Waals surface area contributed by atoms with E-state index in [0.29, 0.717) is 0 Å². The molecule has 1 rings (SSSR count). The van der Waals surface area contributed by atoms with Crippen LogP contribution in [0.3, 0.4) is 0 Å². The standard InChI is InChI=1S/C10H18ClNO/c1-5-6-12-7-8(13-4)9(11)10(12,2)3/h5,8-9H,1,6-7H2,2-4H3. The first-order valence-electron chi connectivity index (χ1n) is 4.56. The molecule has 0 saturated carbocycles. The van der Waals surface area contributed by atoms with Crippen LogP contribution < -0.4 is 0 Å². The Kier molecular flexibility index (Phi) is 3.38. The summed E-state index contributed by atoms with van der Waals surface area (Å²) >= 11 is 6.30. The van der Waals surface area contributed by atoms with E-state index in [2.05, 4.69) is 25.3 Å². The van der Waals surface area contributed by atoms with Crippen molar-refractivity contribution in [2.75, 3.05) is 20.2 Å². The molecule has 76 valence electrons. The fourth-order valence-electron chi connectivity index (χ4n) is 1.83. The Hall–Kier alpha value is -0.0500. The van der Waals surface area contributed by atoms with Crippen molar-refractivity contribution in [2.24, 2.45) is 0 Å². The van der Waals surface area contributed by atoms with E-state index < -0.39 is 0 Å². The summed E-state index contributed by atoms with van der Waals surface area (Å²) in [5.41, 5.74) is -0.00355. The number of likely N-dealkylation sites (tertiary alicyclic amines) is 1. The Labute approximate surface area is 85.5 Å². The Morgan fingerprint density at radius 2 is 2.31 bits per heavy atom. The largest absolute Gasteiger partial charge is 0.379 e. The fourth-order valence-corrected chi connectivity index (χ4v) is 2.15. The second kappa shape index (κ2) is 3.99. The van der Waals surface area contributed by atoms with E-state index in [0.717, 1.165) is 13.1 Å². The van der Waals surface area contributed by atoms with E-state index in [1.165, 1.54) is 0 Å². The lowest BCUT2D eigenvalue weighted by atomic mass is 10.0. The van der Waals surface area contributed by atoms with Crippen LogP contribution in [0.25, 0.3) is 0 Å². The highest BCUT2D eigenvalue weighted by atomic mass is 35.5. The Morgan fingerprint density at radius 1 is 1.69 bits per heavy atom. The predicted octanol–water partition coefficient (Wildman–Crippen LogP) is 1.89. The Morgan fingerprint density at radius 3 is 2.69 bits per heavy atom. The molecule has 1 heterocycles. The van der Waals surface area contributed by atoms with Crippen LogP contribution in [-0.4, -0.2) is 42.1 Å². The van der Waals surface area contributed by atoms with E-state index in [9.17, 15) is 0 Å². The van der Waals surface area contributed by atoms with Gasteiger partial charge in [-0.1, -0.05) is 6.08 Å². The van der Waals surface area contributed by atoms with Crippen LogP contribution in [0.1, 0.15) is 13.8 Å². The van der Waals surface area contributed by atoms with Crippen molar-refractivity contribution in [2.45, 2.75) is 30.9 Å². The maximum absolute atomic E-state index is 6.30. The highest BCUT2D eigenvalue weighted by molar-refractivity contribution is 6.22. The van der Waals surface area contributed by atoms with Gasteiger partial charge in [0.2, 0.25) is 0 Å². The molecule has 0 aromatic rings. The predicted molar refractivity (Wildman–Crippen MR) is 56.3 cm³/mol. The molecule has 0 bridgehead atoms. The van der Waals surface area contributed by atoms with Crippen molar-refractivity contribution in [3.8, 4) is 0 Å². The minimum absolute atomic E-state index is 0.00355. The molecule has 2 nitrogen and oxygen atoms in total. The van der Waals surface area contributed by atoms with Gasteiger partial charge >= 0.3 is 0 Å². The molecule has 0 aliphatic carbocycles. The molecule has 1 aliphatic rings. The first kappa shape index (κ1) is 11.0. The second-order valence-electron chi connectivity index (χ2n) is 4.02. The lowest BCUT2D eigenvalue weighted by Crippen LogP contribution is -2.43. The average molecular weight is 204 g/mol. The van der Waals surface area contributed by atoms with Crippen LogP contribution in [0.15, 0.2) is 12.7 Å². The molecule has 0 N–H and O–H groups in total. The number of rotatable bonds is 3. The second-order valence-corrected chi connectivity index (χ2v) is 4.49. The minimum Gasteiger partial charge on any atom is -0.379 e. The number of nitrogens with zero attached hydrogens (tertiary/aromatic N) is 1. The molecule has 1 fully saturated rings. The van der Waals surface area contributed by atoms with Gasteiger partial charge in [-0.15, -0.1) is 18.2 Å². The van der Waals surface area contributed by atoms with Crippen LogP contribution in [-0.2, 0) is 4.74 Å². The third kappa shape index (κ3) is 1.90. The lowest BCUT2D eigenvalue weighted by molar-refractivity contribution is 0.111. The van der Waals surface area contributed by atoms with Crippen LogP contribution in [0, 0.1) is 0 Å². The van der Waals surface area contributed by atoms with Gasteiger partial charge in [-0.25, -0.2) is 0 Å². The van der Waals surface area contributed by atoms with Crippen molar-refractivity contribution in [1.29, 1.82) is 0 Å². The summed E-state index contributed by atoms with van der Waals surface area (Å²) in [7, 11) is 1.72. The van der Waals surface area contributed by atoms with Gasteiger partial charge in [-0.2, -0.15) is 0 Å². The average Bonchev–Trinajstić information content (AvgIpc) is 2.29. The van der Waals surface area contributed by atoms with E-state index in [4.69, 9.17) is 16.3 Å². The van der Waals surface area contributed by atoms with Gasteiger partial charge < -0.3 is 4.74 Å². The summed E-state index contributed by atoms with van der Waals surface area (Å²) in [4.78, 5) is 2.30. The molecular weight excluding hydrogens is 186 g/mol. The van der Waals surface area contributed by atoms with Crippen molar-refractivity contribution >= 4 is 11.6 Å². The molecule has 1 saturated heterocycles. The molecule has 0 amide bonds. The number of halogens is 1. The van der Waals surface area contributed by atoms with E-state index in [1.54, 1.807) is 7.11 Å². The first-order chi connectivity index (χ1) is 6.04. The van der Waals surface area contributed by atoms with E-state index in [1.807, 2.05) is 6.08 Å². The number of hydrogen-bond donors (Lipinski definition) is 0. The zero-order valence-electron chi connectivity index (χ0n) is 8.59. The molecule has 2 atom stereocenters. The highest BCUT2D eigenvalue weighted by Crippen LogP contribution is 2.34. The van der Waals surface area contributed by atoms with Crippen LogP contribution >= 0.6 is 11.6 Å². The molecular formula is C10H18ClNO. The number of alkyl halides is 1. The summed E-state index contributed by atoms with van der Waals surface area (Å²) < 4.78 is 5.33. The quantitative estimate of drug-likeness (QED) is 0.513. The van der Waals surface area contributed by atoms with Gasteiger partial charge in [0.15, 0.2) is 0 Å². The van der Waals surface area contributed by atoms with Gasteiger partial charge in [0, 0.05) is 25.7 Å². The summed E-state index contributed by atoms with van der Waals surface area (Å²) in [6.07, 6.45) is 2.04. The van der Waals surface area contributed by atoms with Gasteiger partial charge in [-0.05, 0) is 13.8 Å². The van der Waals surface area contributed by atoms with Crippen molar-refractivity contribution in [3.63, 3.8) is 0 Å². The van der Waals surface area contributed by atoms with Crippen LogP contribution in [0.5, 0.6) is 0 Å². The monoisotopic (exact) mass is 203 g/mol. The zero-order valence-corrected chi connectivity index (χ0v) is 9.34. The molecule has 0 radical (unpaired) electrons. The third-order valence-electron chi connectivity index (χ3n) is 2.87. The number of methoxy groups -OCH3 is 1.